The Bertz CT molecular complexity index is 894. The zero-order valence-electron chi connectivity index (χ0n) is 18.7. The summed E-state index contributed by atoms with van der Waals surface area (Å²) in [6, 6.07) is 15.2. The molecule has 2 aromatic rings. The van der Waals surface area contributed by atoms with E-state index in [9.17, 15) is 9.59 Å². The minimum absolute atomic E-state index is 0.0168. The Morgan fingerprint density at radius 2 is 1.61 bits per heavy atom. The molecule has 2 amide bonds. The molecule has 1 fully saturated rings. The summed E-state index contributed by atoms with van der Waals surface area (Å²) >= 11 is 0. The highest BCUT2D eigenvalue weighted by atomic mass is 16.5. The van der Waals surface area contributed by atoms with Gasteiger partial charge in [-0.25, -0.2) is 0 Å². The number of ether oxygens (including phenoxy) is 1. The van der Waals surface area contributed by atoms with E-state index in [2.05, 4.69) is 17.6 Å². The van der Waals surface area contributed by atoms with Crippen molar-refractivity contribution in [2.75, 3.05) is 50.5 Å². The summed E-state index contributed by atoms with van der Waals surface area (Å²) < 4.78 is 5.32. The van der Waals surface area contributed by atoms with E-state index in [4.69, 9.17) is 4.74 Å². The van der Waals surface area contributed by atoms with Crippen LogP contribution in [-0.2, 0) is 16.0 Å². The molecule has 1 aliphatic heterocycles. The van der Waals surface area contributed by atoms with Crippen molar-refractivity contribution >= 4 is 23.2 Å². The number of carbonyl (C=O) groups excluding carboxylic acids is 2. The van der Waals surface area contributed by atoms with Gasteiger partial charge in [-0.05, 0) is 37.1 Å². The van der Waals surface area contributed by atoms with Crippen molar-refractivity contribution in [3.63, 3.8) is 0 Å². The third kappa shape index (κ3) is 6.06. The number of aryl methyl sites for hydroxylation is 1. The van der Waals surface area contributed by atoms with Crippen molar-refractivity contribution in [1.82, 2.24) is 0 Å². The van der Waals surface area contributed by atoms with Crippen LogP contribution >= 0.6 is 0 Å². The molecule has 1 aliphatic rings. The van der Waals surface area contributed by atoms with Crippen molar-refractivity contribution in [3.8, 4) is 5.75 Å². The predicted molar refractivity (Wildman–Crippen MR) is 122 cm³/mol. The van der Waals surface area contributed by atoms with E-state index in [1.807, 2.05) is 55.5 Å². The first kappa shape index (κ1) is 22.8. The summed E-state index contributed by atoms with van der Waals surface area (Å²) in [6.45, 7) is 7.94. The third-order valence-corrected chi connectivity index (χ3v) is 6.05. The van der Waals surface area contributed by atoms with Crippen LogP contribution in [0, 0.1) is 0 Å². The number of methoxy groups -OCH3 is 1. The van der Waals surface area contributed by atoms with Crippen molar-refractivity contribution in [1.29, 1.82) is 0 Å². The number of anilines is 2. The van der Waals surface area contributed by atoms with Crippen LogP contribution in [0.3, 0.4) is 0 Å². The molecule has 1 saturated heterocycles. The van der Waals surface area contributed by atoms with E-state index in [0.29, 0.717) is 18.0 Å². The maximum atomic E-state index is 12.7. The zero-order valence-corrected chi connectivity index (χ0v) is 18.7. The van der Waals surface area contributed by atoms with Gasteiger partial charge in [0, 0.05) is 5.69 Å². The molecule has 166 valence electrons. The smallest absolute Gasteiger partial charge is 0.282 e. The number of amides is 2. The Labute approximate surface area is 184 Å². The molecular weight excluding hydrogens is 392 g/mol. The van der Waals surface area contributed by atoms with Crippen LogP contribution in [0.1, 0.15) is 19.4 Å². The summed E-state index contributed by atoms with van der Waals surface area (Å²) in [5, 5.41) is 6.04. The summed E-state index contributed by atoms with van der Waals surface area (Å²) in [4.78, 5) is 27.8. The third-order valence-electron chi connectivity index (χ3n) is 6.05. The van der Waals surface area contributed by atoms with Gasteiger partial charge in [-0.2, -0.15) is 0 Å². The van der Waals surface area contributed by atoms with Gasteiger partial charge < -0.3 is 25.2 Å². The second kappa shape index (κ2) is 10.9. The van der Waals surface area contributed by atoms with Gasteiger partial charge >= 0.3 is 0 Å². The molecule has 0 bridgehead atoms. The Morgan fingerprint density at radius 3 is 2.29 bits per heavy atom. The van der Waals surface area contributed by atoms with Crippen LogP contribution in [0.4, 0.5) is 11.4 Å². The van der Waals surface area contributed by atoms with Crippen LogP contribution in [0.25, 0.3) is 0 Å². The summed E-state index contributed by atoms with van der Waals surface area (Å²) in [5.74, 6) is 0.682. The van der Waals surface area contributed by atoms with Gasteiger partial charge in [0.15, 0.2) is 12.6 Å². The topological polar surface area (TPSA) is 76.3 Å². The van der Waals surface area contributed by atoms with Crippen LogP contribution in [0.5, 0.6) is 5.75 Å². The fraction of sp³-hybridized carbons (Fsp3) is 0.417. The molecule has 2 aromatic carbocycles. The summed E-state index contributed by atoms with van der Waals surface area (Å²) in [5.41, 5.74) is 2.74. The van der Waals surface area contributed by atoms with E-state index in [1.54, 1.807) is 7.11 Å². The number of carbonyl (C=O) groups is 2. The van der Waals surface area contributed by atoms with Gasteiger partial charge in [-0.15, -0.1) is 0 Å². The Balaban J connectivity index is 1.47. The van der Waals surface area contributed by atoms with Gasteiger partial charge in [-0.1, -0.05) is 37.3 Å². The molecule has 4 N–H and O–H groups in total. The molecule has 0 saturated carbocycles. The van der Waals surface area contributed by atoms with E-state index < -0.39 is 0 Å². The lowest BCUT2D eigenvalue weighted by Gasteiger charge is -2.32. The number of nitrogens with one attached hydrogen (secondary N) is 4. The normalized spacial score (nSPS) is 19.3. The Hall–Kier alpha value is -2.90. The van der Waals surface area contributed by atoms with Crippen LogP contribution in [0.2, 0.25) is 0 Å². The van der Waals surface area contributed by atoms with Gasteiger partial charge in [0.25, 0.3) is 11.8 Å². The average molecular weight is 427 g/mol. The van der Waals surface area contributed by atoms with Gasteiger partial charge in [0.1, 0.15) is 31.9 Å². The predicted octanol–water partition coefficient (Wildman–Crippen LogP) is 0.00670. The standard InChI is InChI=1S/C24H32N4O3/c1-4-19-9-5-6-10-20(19)25-23(29)17-27-13-15-28(16-14-27)18(2)24(30)26-21-11-7-8-12-22(21)31-3/h5-12,18H,4,13-17H2,1-3H3,(H,25,29)(H,26,30)/p+2/t18-/m1/s1. The first-order chi connectivity index (χ1) is 15.0. The van der Waals surface area contributed by atoms with E-state index in [-0.39, 0.29) is 17.9 Å². The monoisotopic (exact) mass is 426 g/mol. The Morgan fingerprint density at radius 1 is 0.968 bits per heavy atom. The van der Waals surface area contributed by atoms with Crippen molar-refractivity contribution in [3.05, 3.63) is 54.1 Å². The summed E-state index contributed by atoms with van der Waals surface area (Å²) in [7, 11) is 1.60. The maximum absolute atomic E-state index is 12.7. The van der Waals surface area contributed by atoms with Crippen LogP contribution < -0.4 is 25.2 Å². The van der Waals surface area contributed by atoms with Crippen LogP contribution in [-0.4, -0.2) is 57.7 Å². The number of para-hydroxylation sites is 3. The minimum Gasteiger partial charge on any atom is -0.495 e. The first-order valence-corrected chi connectivity index (χ1v) is 11.0. The SMILES string of the molecule is CCc1ccccc1NC(=O)C[NH+]1CC[NH+]([C@H](C)C(=O)Nc2ccccc2OC)CC1. The van der Waals surface area contributed by atoms with E-state index >= 15 is 0 Å². The molecule has 0 aromatic heterocycles. The van der Waals surface area contributed by atoms with Gasteiger partial charge in [0.05, 0.1) is 12.8 Å². The molecule has 7 heteroatoms. The van der Waals surface area contributed by atoms with Crippen LogP contribution in [0.15, 0.2) is 48.5 Å². The molecule has 0 radical (unpaired) electrons. The molecule has 0 aliphatic carbocycles. The van der Waals surface area contributed by atoms with Crippen molar-refractivity contribution in [2.45, 2.75) is 26.3 Å². The molecule has 31 heavy (non-hydrogen) atoms. The molecule has 1 heterocycles. The molecule has 3 rings (SSSR count). The van der Waals surface area contributed by atoms with Crippen molar-refractivity contribution in [2.24, 2.45) is 0 Å². The number of piperazine rings is 1. The fourth-order valence-corrected chi connectivity index (χ4v) is 4.08. The molecule has 0 spiro atoms. The van der Waals surface area contributed by atoms with Gasteiger partial charge in [-0.3, -0.25) is 9.59 Å². The largest absolute Gasteiger partial charge is 0.495 e. The number of hydrogen-bond donors (Lipinski definition) is 4. The number of rotatable bonds is 8. The first-order valence-electron chi connectivity index (χ1n) is 11.0. The highest BCUT2D eigenvalue weighted by Crippen LogP contribution is 2.22. The number of quaternary nitrogens is 2. The minimum atomic E-state index is -0.170. The lowest BCUT2D eigenvalue weighted by molar-refractivity contribution is -1.01. The summed E-state index contributed by atoms with van der Waals surface area (Å²) in [6.07, 6.45) is 0.889. The van der Waals surface area contributed by atoms with Crippen molar-refractivity contribution < 1.29 is 24.1 Å². The number of benzene rings is 2. The Kier molecular flexibility index (Phi) is 8.03. The van der Waals surface area contributed by atoms with E-state index in [0.717, 1.165) is 43.9 Å². The molecular formula is C24H34N4O3+2. The second-order valence-corrected chi connectivity index (χ2v) is 8.06. The maximum Gasteiger partial charge on any atom is 0.282 e. The zero-order chi connectivity index (χ0) is 22.2. The lowest BCUT2D eigenvalue weighted by atomic mass is 10.1. The molecule has 0 unspecified atom stereocenters. The fourth-order valence-electron chi connectivity index (χ4n) is 4.08. The van der Waals surface area contributed by atoms with Gasteiger partial charge in [0.2, 0.25) is 0 Å². The highest BCUT2D eigenvalue weighted by Gasteiger charge is 2.32. The molecule has 1 atom stereocenters. The average Bonchev–Trinajstić information content (AvgIpc) is 2.79. The highest BCUT2D eigenvalue weighted by molar-refractivity contribution is 5.95. The molecule has 7 nitrogen and oxygen atoms in total. The number of hydrogen-bond acceptors (Lipinski definition) is 3. The second-order valence-electron chi connectivity index (χ2n) is 8.06. The van der Waals surface area contributed by atoms with E-state index in [1.165, 1.54) is 9.80 Å². The quantitative estimate of drug-likeness (QED) is 0.480. The lowest BCUT2D eigenvalue weighted by Crippen LogP contribution is -3.30.